The van der Waals surface area contributed by atoms with Gasteiger partial charge in [-0.05, 0) is 24.7 Å². The van der Waals surface area contributed by atoms with Gasteiger partial charge < -0.3 is 25.6 Å². The summed E-state index contributed by atoms with van der Waals surface area (Å²) in [7, 11) is 1.68. The lowest BCUT2D eigenvalue weighted by molar-refractivity contribution is -0.139. The number of hydrogen-bond donors (Lipinski definition) is 3. The van der Waals surface area contributed by atoms with E-state index in [1.165, 1.54) is 0 Å². The summed E-state index contributed by atoms with van der Waals surface area (Å²) in [5, 5.41) is 11.9. The largest absolute Gasteiger partial charge is 0.490 e. The van der Waals surface area contributed by atoms with Crippen molar-refractivity contribution in [3.05, 3.63) is 23.8 Å². The third kappa shape index (κ3) is 2.97. The Bertz CT molecular complexity index is 464. The number of rotatable bonds is 4. The van der Waals surface area contributed by atoms with Crippen molar-refractivity contribution in [2.45, 2.75) is 18.5 Å². The van der Waals surface area contributed by atoms with Crippen LogP contribution in [-0.4, -0.2) is 37.4 Å². The SMILES string of the molecule is CNC(c1ccc2c(c1)OCCCO2)C(N)C(=O)O. The Hall–Kier alpha value is -1.79. The molecule has 0 aliphatic carbocycles. The van der Waals surface area contributed by atoms with Crippen molar-refractivity contribution in [1.29, 1.82) is 0 Å². The summed E-state index contributed by atoms with van der Waals surface area (Å²) in [6.07, 6.45) is 0.827. The molecule has 2 rings (SSSR count). The molecule has 2 unspecified atom stereocenters. The first-order valence-electron chi connectivity index (χ1n) is 6.18. The summed E-state index contributed by atoms with van der Waals surface area (Å²) in [6.45, 7) is 1.21. The average molecular weight is 266 g/mol. The molecule has 19 heavy (non-hydrogen) atoms. The van der Waals surface area contributed by atoms with Gasteiger partial charge in [-0.3, -0.25) is 4.79 Å². The van der Waals surface area contributed by atoms with Crippen molar-refractivity contribution >= 4 is 5.97 Å². The number of carboxylic acids is 1. The fourth-order valence-electron chi connectivity index (χ4n) is 2.07. The average Bonchev–Trinajstić information content (AvgIpc) is 2.64. The van der Waals surface area contributed by atoms with Crippen LogP contribution in [0.5, 0.6) is 11.5 Å². The molecule has 0 radical (unpaired) electrons. The highest BCUT2D eigenvalue weighted by Crippen LogP contribution is 2.32. The molecule has 6 nitrogen and oxygen atoms in total. The number of carbonyl (C=O) groups is 1. The van der Waals surface area contributed by atoms with Crippen molar-refractivity contribution in [1.82, 2.24) is 5.32 Å². The first-order valence-corrected chi connectivity index (χ1v) is 6.18. The second kappa shape index (κ2) is 5.90. The van der Waals surface area contributed by atoms with E-state index in [2.05, 4.69) is 5.32 Å². The number of fused-ring (bicyclic) bond motifs is 1. The maximum absolute atomic E-state index is 11.0. The Balaban J connectivity index is 2.29. The van der Waals surface area contributed by atoms with Crippen molar-refractivity contribution in [2.75, 3.05) is 20.3 Å². The monoisotopic (exact) mass is 266 g/mol. The number of likely N-dealkylation sites (N-methyl/N-ethyl adjacent to an activating group) is 1. The minimum Gasteiger partial charge on any atom is -0.490 e. The zero-order chi connectivity index (χ0) is 13.8. The highest BCUT2D eigenvalue weighted by Gasteiger charge is 2.25. The second-order valence-corrected chi connectivity index (χ2v) is 4.39. The van der Waals surface area contributed by atoms with Crippen LogP contribution in [0, 0.1) is 0 Å². The van der Waals surface area contributed by atoms with Gasteiger partial charge in [0.2, 0.25) is 0 Å². The lowest BCUT2D eigenvalue weighted by Crippen LogP contribution is -2.42. The third-order valence-electron chi connectivity index (χ3n) is 3.09. The molecule has 0 fully saturated rings. The summed E-state index contributed by atoms with van der Waals surface area (Å²) < 4.78 is 11.1. The molecule has 0 aromatic heterocycles. The number of carboxylic acid groups (broad SMARTS) is 1. The van der Waals surface area contributed by atoms with Crippen LogP contribution in [0.2, 0.25) is 0 Å². The van der Waals surface area contributed by atoms with Crippen LogP contribution in [0.3, 0.4) is 0 Å². The summed E-state index contributed by atoms with van der Waals surface area (Å²) in [6, 6.07) is 3.88. The van der Waals surface area contributed by atoms with E-state index >= 15 is 0 Å². The van der Waals surface area contributed by atoms with Crippen LogP contribution in [0.15, 0.2) is 18.2 Å². The predicted molar refractivity (Wildman–Crippen MR) is 69.5 cm³/mol. The molecular formula is C13H18N2O4. The minimum atomic E-state index is -1.05. The van der Waals surface area contributed by atoms with E-state index in [0.717, 1.165) is 12.0 Å². The summed E-state index contributed by atoms with van der Waals surface area (Å²) in [4.78, 5) is 11.0. The molecule has 0 amide bonds. The lowest BCUT2D eigenvalue weighted by Gasteiger charge is -2.21. The van der Waals surface area contributed by atoms with Crippen molar-refractivity contribution in [2.24, 2.45) is 5.73 Å². The zero-order valence-corrected chi connectivity index (χ0v) is 10.8. The molecule has 1 aromatic carbocycles. The van der Waals surface area contributed by atoms with Gasteiger partial charge in [-0.25, -0.2) is 0 Å². The van der Waals surface area contributed by atoms with E-state index in [-0.39, 0.29) is 0 Å². The lowest BCUT2D eigenvalue weighted by atomic mass is 9.99. The van der Waals surface area contributed by atoms with Gasteiger partial charge in [-0.15, -0.1) is 0 Å². The number of nitrogens with two attached hydrogens (primary N) is 1. The molecule has 1 aliphatic heterocycles. The summed E-state index contributed by atoms with van der Waals surface area (Å²) >= 11 is 0. The van der Waals surface area contributed by atoms with Crippen LogP contribution in [0.1, 0.15) is 18.0 Å². The highest BCUT2D eigenvalue weighted by molar-refractivity contribution is 5.74. The van der Waals surface area contributed by atoms with Crippen LogP contribution < -0.4 is 20.5 Å². The van der Waals surface area contributed by atoms with Gasteiger partial charge in [0.25, 0.3) is 0 Å². The van der Waals surface area contributed by atoms with Gasteiger partial charge >= 0.3 is 5.97 Å². The van der Waals surface area contributed by atoms with Crippen molar-refractivity contribution < 1.29 is 19.4 Å². The molecule has 1 aromatic rings. The summed E-state index contributed by atoms with van der Waals surface area (Å²) in [5.41, 5.74) is 6.44. The first kappa shape index (κ1) is 13.6. The van der Waals surface area contributed by atoms with E-state index in [1.54, 1.807) is 25.2 Å². The van der Waals surface area contributed by atoms with Gasteiger partial charge in [-0.2, -0.15) is 0 Å². The van der Waals surface area contributed by atoms with Gasteiger partial charge in [0.05, 0.1) is 19.3 Å². The smallest absolute Gasteiger partial charge is 0.322 e. The number of benzene rings is 1. The summed E-state index contributed by atoms with van der Waals surface area (Å²) in [5.74, 6) is 0.263. The Morgan fingerprint density at radius 2 is 2.05 bits per heavy atom. The standard InChI is InChI=1S/C13H18N2O4/c1-15-12(11(14)13(16)17)8-3-4-9-10(7-8)19-6-2-5-18-9/h3-4,7,11-12,15H,2,5-6,14H2,1H3,(H,16,17). The minimum absolute atomic E-state index is 0.477. The fourth-order valence-corrected chi connectivity index (χ4v) is 2.07. The van der Waals surface area contributed by atoms with E-state index in [9.17, 15) is 4.79 Å². The fraction of sp³-hybridized carbons (Fsp3) is 0.462. The van der Waals surface area contributed by atoms with Gasteiger partial charge in [0.1, 0.15) is 6.04 Å². The zero-order valence-electron chi connectivity index (χ0n) is 10.8. The number of aliphatic carboxylic acids is 1. The molecule has 0 spiro atoms. The Labute approximate surface area is 111 Å². The topological polar surface area (TPSA) is 93.8 Å². The van der Waals surface area contributed by atoms with E-state index in [0.29, 0.717) is 24.7 Å². The molecule has 0 saturated carbocycles. The molecular weight excluding hydrogens is 248 g/mol. The molecule has 4 N–H and O–H groups in total. The van der Waals surface area contributed by atoms with Crippen LogP contribution >= 0.6 is 0 Å². The van der Waals surface area contributed by atoms with Gasteiger partial charge in [0.15, 0.2) is 11.5 Å². The molecule has 1 aliphatic rings. The Kier molecular flexibility index (Phi) is 4.24. The highest BCUT2D eigenvalue weighted by atomic mass is 16.5. The predicted octanol–water partition coefficient (Wildman–Crippen LogP) is 0.520. The number of ether oxygens (including phenoxy) is 2. The first-order chi connectivity index (χ1) is 9.13. The molecule has 1 heterocycles. The van der Waals surface area contributed by atoms with E-state index < -0.39 is 18.1 Å². The third-order valence-corrected chi connectivity index (χ3v) is 3.09. The quantitative estimate of drug-likeness (QED) is 0.735. The van der Waals surface area contributed by atoms with Crippen molar-refractivity contribution in [3.8, 4) is 11.5 Å². The van der Waals surface area contributed by atoms with Gasteiger partial charge in [0, 0.05) is 6.42 Å². The molecule has 2 atom stereocenters. The number of hydrogen-bond acceptors (Lipinski definition) is 5. The number of nitrogens with one attached hydrogen (secondary N) is 1. The Morgan fingerprint density at radius 1 is 1.37 bits per heavy atom. The van der Waals surface area contributed by atoms with Crippen molar-refractivity contribution in [3.63, 3.8) is 0 Å². The van der Waals surface area contributed by atoms with E-state index in [1.807, 2.05) is 0 Å². The van der Waals surface area contributed by atoms with Gasteiger partial charge in [-0.1, -0.05) is 6.07 Å². The molecule has 6 heteroatoms. The second-order valence-electron chi connectivity index (χ2n) is 4.39. The maximum atomic E-state index is 11.0. The van der Waals surface area contributed by atoms with E-state index in [4.69, 9.17) is 20.3 Å². The van der Waals surface area contributed by atoms with Crippen LogP contribution in [0.25, 0.3) is 0 Å². The maximum Gasteiger partial charge on any atom is 0.322 e. The molecule has 0 saturated heterocycles. The molecule has 104 valence electrons. The Morgan fingerprint density at radius 3 is 2.68 bits per heavy atom. The molecule has 0 bridgehead atoms. The van der Waals surface area contributed by atoms with Crippen LogP contribution in [-0.2, 0) is 4.79 Å². The normalized spacial score (nSPS) is 17.4. The van der Waals surface area contributed by atoms with Crippen LogP contribution in [0.4, 0.5) is 0 Å².